The second-order valence-corrected chi connectivity index (χ2v) is 24.1. The third-order valence-electron chi connectivity index (χ3n) is 11.4. The number of ether oxygens (including phenoxy) is 4. The van der Waals surface area contributed by atoms with Gasteiger partial charge >= 0.3 is 11.9 Å². The van der Waals surface area contributed by atoms with Crippen LogP contribution in [-0.2, 0) is 39.6 Å². The summed E-state index contributed by atoms with van der Waals surface area (Å²) in [6.07, 6.45) is -0.787. The maximum absolute atomic E-state index is 15.5. The molecule has 56 heavy (non-hydrogen) atoms. The van der Waals surface area contributed by atoms with Gasteiger partial charge < -0.3 is 28.3 Å². The largest absolute Gasteiger partial charge is 0.497 e. The Hall–Kier alpha value is -4.47. The van der Waals surface area contributed by atoms with E-state index in [0.29, 0.717) is 12.4 Å². The van der Waals surface area contributed by atoms with Crippen LogP contribution in [0.3, 0.4) is 0 Å². The second-order valence-electron chi connectivity index (χ2n) is 16.1. The summed E-state index contributed by atoms with van der Waals surface area (Å²) in [6.45, 7) is 11.4. The van der Waals surface area contributed by atoms with Crippen molar-refractivity contribution in [1.29, 1.82) is 0 Å². The molecule has 0 N–H and O–H groups in total. The van der Waals surface area contributed by atoms with E-state index < -0.39 is 51.1 Å². The van der Waals surface area contributed by atoms with E-state index in [2.05, 4.69) is 33.9 Å². The summed E-state index contributed by atoms with van der Waals surface area (Å²) in [5.41, 5.74) is 1.02. The Morgan fingerprint density at radius 2 is 1.34 bits per heavy atom. The van der Waals surface area contributed by atoms with Gasteiger partial charge in [-0.15, -0.1) is 0 Å². The van der Waals surface area contributed by atoms with Crippen molar-refractivity contribution >= 4 is 54.4 Å². The molecule has 0 unspecified atom stereocenters. The zero-order valence-corrected chi connectivity index (χ0v) is 35.5. The van der Waals surface area contributed by atoms with Crippen LogP contribution in [0.25, 0.3) is 0 Å². The summed E-state index contributed by atoms with van der Waals surface area (Å²) < 4.78 is 30.3. The van der Waals surface area contributed by atoms with Crippen molar-refractivity contribution in [3.8, 4) is 5.75 Å². The Morgan fingerprint density at radius 3 is 1.77 bits per heavy atom. The zero-order valence-electron chi connectivity index (χ0n) is 33.6. The van der Waals surface area contributed by atoms with E-state index in [0.717, 1.165) is 21.5 Å². The Kier molecular flexibility index (Phi) is 12.5. The number of methoxy groups -OCH3 is 1. The van der Waals surface area contributed by atoms with Crippen LogP contribution < -0.4 is 20.7 Å². The molecule has 9 nitrogen and oxygen atoms in total. The summed E-state index contributed by atoms with van der Waals surface area (Å²) in [4.78, 5) is 44.8. The lowest BCUT2D eigenvalue weighted by atomic mass is 9.75. The minimum absolute atomic E-state index is 0.0133. The van der Waals surface area contributed by atoms with Crippen LogP contribution in [0.2, 0.25) is 18.1 Å². The van der Waals surface area contributed by atoms with Crippen molar-refractivity contribution in [2.75, 3.05) is 20.3 Å². The smallest absolute Gasteiger partial charge is 0.356 e. The van der Waals surface area contributed by atoms with Gasteiger partial charge in [0.05, 0.1) is 44.5 Å². The fourth-order valence-corrected chi connectivity index (χ4v) is 13.3. The van der Waals surface area contributed by atoms with Crippen LogP contribution in [0.15, 0.2) is 115 Å². The molecule has 0 spiro atoms. The number of rotatable bonds is 15. The number of hydrogen-bond acceptors (Lipinski definition) is 8. The zero-order chi connectivity index (χ0) is 40.3. The molecule has 2 saturated heterocycles. The number of carbonyl (C=O) groups is 3. The van der Waals surface area contributed by atoms with Crippen molar-refractivity contribution in [3.63, 3.8) is 0 Å². The Balaban J connectivity index is 1.64. The van der Waals surface area contributed by atoms with Crippen molar-refractivity contribution in [1.82, 2.24) is 4.90 Å². The molecule has 4 aromatic carbocycles. The Morgan fingerprint density at radius 1 is 0.839 bits per heavy atom. The normalized spacial score (nSPS) is 19.3. The number of epoxide rings is 1. The van der Waals surface area contributed by atoms with E-state index in [1.165, 1.54) is 6.92 Å². The number of nitrogens with zero attached hydrogens (tertiary/aromatic N) is 1. The lowest BCUT2D eigenvalue weighted by Gasteiger charge is -2.55. The summed E-state index contributed by atoms with van der Waals surface area (Å²) >= 11 is 0. The molecule has 2 aliphatic rings. The second kappa shape index (κ2) is 16.9. The molecule has 0 saturated carbocycles. The van der Waals surface area contributed by atoms with E-state index in [9.17, 15) is 4.79 Å². The summed E-state index contributed by atoms with van der Waals surface area (Å²) in [6, 6.07) is 36.6. The van der Waals surface area contributed by atoms with Gasteiger partial charge in [-0.05, 0) is 58.7 Å². The monoisotopic (exact) mass is 795 g/mol. The topological polar surface area (TPSA) is 104 Å². The van der Waals surface area contributed by atoms with Gasteiger partial charge in [-0.3, -0.25) is 9.59 Å². The van der Waals surface area contributed by atoms with Gasteiger partial charge in [0.1, 0.15) is 17.8 Å². The first-order valence-electron chi connectivity index (χ1n) is 19.2. The molecule has 2 heterocycles. The molecule has 0 radical (unpaired) electrons. The van der Waals surface area contributed by atoms with Crippen molar-refractivity contribution in [2.24, 2.45) is 11.8 Å². The molecule has 5 atom stereocenters. The number of amides is 1. The first kappa shape index (κ1) is 41.2. The maximum Gasteiger partial charge on any atom is 0.356 e. The van der Waals surface area contributed by atoms with Crippen LogP contribution >= 0.6 is 6.89 Å². The molecule has 2 fully saturated rings. The van der Waals surface area contributed by atoms with E-state index >= 15 is 9.59 Å². The Labute approximate surface area is 332 Å². The lowest BCUT2D eigenvalue weighted by molar-refractivity contribution is -0.164. The first-order chi connectivity index (χ1) is 26.7. The molecule has 6 rings (SSSR count). The van der Waals surface area contributed by atoms with E-state index in [1.54, 1.807) is 12.0 Å². The van der Waals surface area contributed by atoms with Crippen LogP contribution in [0.5, 0.6) is 5.75 Å². The molecular weight excluding hydrogens is 742 g/mol. The molecule has 11 heteroatoms. The van der Waals surface area contributed by atoms with E-state index in [-0.39, 0.29) is 35.7 Å². The number of hydrogen-bond donors (Lipinski definition) is 0. The highest BCUT2D eigenvalue weighted by atomic mass is 31.2. The van der Waals surface area contributed by atoms with Gasteiger partial charge in [-0.2, -0.15) is 0 Å². The van der Waals surface area contributed by atoms with Gasteiger partial charge in [0.2, 0.25) is 5.91 Å². The third kappa shape index (κ3) is 8.30. The number of carbonyl (C=O) groups excluding carboxylic acids is 3. The maximum atomic E-state index is 15.5. The minimum atomic E-state index is -3.21. The fraction of sp³-hybridized carbons (Fsp3) is 0.378. The highest BCUT2D eigenvalue weighted by Crippen LogP contribution is 2.52. The molecule has 4 aromatic rings. The summed E-state index contributed by atoms with van der Waals surface area (Å²) in [7, 11) is -0.765. The summed E-state index contributed by atoms with van der Waals surface area (Å²) in [5, 5.41) is 2.53. The number of esters is 2. The highest BCUT2D eigenvalue weighted by molar-refractivity contribution is 7.96. The van der Waals surface area contributed by atoms with Gasteiger partial charge in [0, 0.05) is 19.7 Å². The number of benzene rings is 4. The molecule has 1 amide bonds. The fourth-order valence-electron chi connectivity index (χ4n) is 7.47. The average Bonchev–Trinajstić information content (AvgIpc) is 4.03. The molecule has 0 aliphatic carbocycles. The van der Waals surface area contributed by atoms with Gasteiger partial charge in [-0.1, -0.05) is 124 Å². The Bertz CT molecular complexity index is 1940. The van der Waals surface area contributed by atoms with Gasteiger partial charge in [0.15, 0.2) is 8.32 Å². The van der Waals surface area contributed by atoms with Crippen LogP contribution in [0.4, 0.5) is 0 Å². The quantitative estimate of drug-likeness (QED) is 0.0432. The van der Waals surface area contributed by atoms with Crippen molar-refractivity contribution in [2.45, 2.75) is 77.6 Å². The number of likely N-dealkylation sites (tertiary alicyclic amines) is 1. The molecular formula is C45H54NO8PSi. The van der Waals surface area contributed by atoms with Crippen LogP contribution in [0.1, 0.15) is 40.2 Å². The predicted molar refractivity (Wildman–Crippen MR) is 225 cm³/mol. The summed E-state index contributed by atoms with van der Waals surface area (Å²) in [5.74, 6) is -1.69. The minimum Gasteiger partial charge on any atom is -0.497 e. The average molecular weight is 796 g/mol. The van der Waals surface area contributed by atoms with Gasteiger partial charge in [-0.25, -0.2) is 4.79 Å². The van der Waals surface area contributed by atoms with E-state index in [1.807, 2.05) is 122 Å². The van der Waals surface area contributed by atoms with Crippen molar-refractivity contribution in [3.05, 3.63) is 121 Å². The molecule has 296 valence electrons. The highest BCUT2D eigenvalue weighted by Gasteiger charge is 2.61. The van der Waals surface area contributed by atoms with Crippen LogP contribution in [0, 0.1) is 11.8 Å². The standard InChI is InChI=1S/C45H54NO8PSi/c1-31(54-56(7,8)45(3,4)5)40-41(38(39-30-52-39)29-51-32(2)47)46(42(40)48)43(44(49)53-28-33-24-26-34(50-6)27-25-33)55(35-18-12-9-13-19-35,36-20-14-10-15-21-36)37-22-16-11-17-23-37/h9-27,31,38-41H,28-30H2,1-8H3/t31-,38-,39-,40-,41-/m1/s1. The van der Waals surface area contributed by atoms with Crippen molar-refractivity contribution < 1.29 is 37.8 Å². The lowest BCUT2D eigenvalue weighted by Crippen LogP contribution is -2.72. The third-order valence-corrected chi connectivity index (χ3v) is 20.2. The first-order valence-corrected chi connectivity index (χ1v) is 23.9. The number of β-lactam (4-membered cyclic amide) rings is 1. The predicted octanol–water partition coefficient (Wildman–Crippen LogP) is 6.68. The van der Waals surface area contributed by atoms with Crippen LogP contribution in [-0.4, -0.2) is 75.1 Å². The molecule has 0 aromatic heterocycles. The van der Waals surface area contributed by atoms with E-state index in [4.69, 9.17) is 23.4 Å². The molecule has 2 aliphatic heterocycles. The van der Waals surface area contributed by atoms with Gasteiger partial charge in [0.25, 0.3) is 0 Å². The SMILES string of the molecule is COc1ccc(COC(=O)C(N2C(=O)[C@H]([C@@H](C)O[Si](C)(C)C(C)(C)C)[C@H]2[C@H](COC(C)=O)[C@H]2CO2)=P(c2ccccc2)(c2ccccc2)c2ccccc2)cc1. The molecule has 0 bridgehead atoms.